The van der Waals surface area contributed by atoms with E-state index in [9.17, 15) is 14.7 Å². The van der Waals surface area contributed by atoms with Gasteiger partial charge in [-0.3, -0.25) is 10.2 Å². The summed E-state index contributed by atoms with van der Waals surface area (Å²) in [7, 11) is 0. The van der Waals surface area contributed by atoms with Crippen molar-refractivity contribution < 1.29 is 19.4 Å². The van der Waals surface area contributed by atoms with Crippen molar-refractivity contribution in [3.05, 3.63) is 90.0 Å². The van der Waals surface area contributed by atoms with E-state index in [0.29, 0.717) is 11.4 Å². The third kappa shape index (κ3) is 5.93. The molecule has 2 N–H and O–H groups in total. The van der Waals surface area contributed by atoms with Gasteiger partial charge in [-0.25, -0.2) is 0 Å². The Balaban J connectivity index is 1.52. The Morgan fingerprint density at radius 1 is 0.867 bits per heavy atom. The molecule has 0 unspecified atom stereocenters. The predicted molar refractivity (Wildman–Crippen MR) is 114 cm³/mol. The summed E-state index contributed by atoms with van der Waals surface area (Å²) < 4.78 is 5.51. The van der Waals surface area contributed by atoms with Crippen LogP contribution in [0, 0.1) is 0 Å². The Morgan fingerprint density at radius 3 is 2.13 bits per heavy atom. The monoisotopic (exact) mass is 402 g/mol. The lowest BCUT2D eigenvalue weighted by Crippen LogP contribution is -2.21. The van der Waals surface area contributed by atoms with Crippen LogP contribution < -0.4 is 20.6 Å². The number of anilines is 2. The molecular formula is C23H20N3O4-. The molecule has 1 amide bonds. The Hall–Kier alpha value is -4.13. The Labute approximate surface area is 174 Å². The highest BCUT2D eigenvalue weighted by Crippen LogP contribution is 2.14. The molecule has 0 aliphatic heterocycles. The summed E-state index contributed by atoms with van der Waals surface area (Å²) in [4.78, 5) is 22.7. The summed E-state index contributed by atoms with van der Waals surface area (Å²) in [6.07, 6.45) is 0. The number of carbonyl (C=O) groups is 2. The maximum absolute atomic E-state index is 11.9. The van der Waals surface area contributed by atoms with Crippen LogP contribution in [0.4, 0.5) is 11.4 Å². The third-order valence-corrected chi connectivity index (χ3v) is 4.17. The molecule has 0 aliphatic rings. The van der Waals surface area contributed by atoms with Gasteiger partial charge >= 0.3 is 0 Å². The number of rotatable bonds is 8. The van der Waals surface area contributed by atoms with E-state index in [1.807, 2.05) is 37.3 Å². The molecule has 3 aromatic carbocycles. The average molecular weight is 402 g/mol. The van der Waals surface area contributed by atoms with Gasteiger partial charge in [0.1, 0.15) is 5.75 Å². The molecule has 3 rings (SSSR count). The van der Waals surface area contributed by atoms with E-state index >= 15 is 0 Å². The van der Waals surface area contributed by atoms with Crippen LogP contribution in [0.1, 0.15) is 22.8 Å². The summed E-state index contributed by atoms with van der Waals surface area (Å²) in [6, 6.07) is 22.5. The molecule has 30 heavy (non-hydrogen) atoms. The molecule has 0 fully saturated rings. The highest BCUT2D eigenvalue weighted by Gasteiger charge is 2.04. The normalized spacial score (nSPS) is 10.9. The van der Waals surface area contributed by atoms with E-state index in [-0.39, 0.29) is 18.1 Å². The minimum Gasteiger partial charge on any atom is -0.545 e. The number of aromatic carboxylic acids is 1. The fraction of sp³-hybridized carbons (Fsp3) is 0.0870. The molecule has 3 aromatic rings. The Morgan fingerprint density at radius 2 is 1.50 bits per heavy atom. The molecule has 0 aliphatic carbocycles. The first-order valence-corrected chi connectivity index (χ1v) is 9.21. The molecule has 0 saturated carbocycles. The highest BCUT2D eigenvalue weighted by molar-refractivity contribution is 5.99. The summed E-state index contributed by atoms with van der Waals surface area (Å²) in [5.74, 6) is -0.890. The van der Waals surface area contributed by atoms with Crippen LogP contribution in [0.25, 0.3) is 0 Å². The SMILES string of the molecule is C/C(=N/Nc1ccc(C(=O)[O-])cc1)c1ccc(OCC(=O)Nc2ccccc2)cc1. The number of carboxylic acids is 1. The van der Waals surface area contributed by atoms with Crippen LogP contribution in [0.5, 0.6) is 5.75 Å². The minimum atomic E-state index is -1.22. The van der Waals surface area contributed by atoms with Gasteiger partial charge in [-0.15, -0.1) is 0 Å². The zero-order chi connectivity index (χ0) is 21.3. The number of para-hydroxylation sites is 1. The van der Waals surface area contributed by atoms with Crippen molar-refractivity contribution in [1.29, 1.82) is 0 Å². The lowest BCUT2D eigenvalue weighted by molar-refractivity contribution is -0.255. The zero-order valence-corrected chi connectivity index (χ0v) is 16.3. The van der Waals surface area contributed by atoms with Gasteiger partial charge in [0.05, 0.1) is 17.4 Å². The Kier molecular flexibility index (Phi) is 6.78. The first kappa shape index (κ1) is 20.6. The molecule has 0 bridgehead atoms. The summed E-state index contributed by atoms with van der Waals surface area (Å²) in [5, 5.41) is 17.8. The van der Waals surface area contributed by atoms with Gasteiger partial charge in [0.2, 0.25) is 0 Å². The molecule has 0 saturated heterocycles. The van der Waals surface area contributed by atoms with E-state index in [0.717, 1.165) is 17.0 Å². The molecule has 0 spiro atoms. The Bertz CT molecular complexity index is 1030. The van der Waals surface area contributed by atoms with Crippen LogP contribution in [-0.4, -0.2) is 24.2 Å². The maximum atomic E-state index is 11.9. The van der Waals surface area contributed by atoms with Crippen LogP contribution in [0.3, 0.4) is 0 Å². The summed E-state index contributed by atoms with van der Waals surface area (Å²) in [6.45, 7) is 1.75. The number of amides is 1. The van der Waals surface area contributed by atoms with Crippen LogP contribution in [-0.2, 0) is 4.79 Å². The summed E-state index contributed by atoms with van der Waals surface area (Å²) in [5.41, 5.74) is 5.96. The van der Waals surface area contributed by atoms with E-state index in [1.54, 1.807) is 36.4 Å². The molecular weight excluding hydrogens is 382 g/mol. The van der Waals surface area contributed by atoms with Crippen LogP contribution in [0.15, 0.2) is 84.0 Å². The standard InChI is InChI=1S/C23H21N3O4/c1-16(25-26-20-11-7-18(8-12-20)23(28)29)17-9-13-21(14-10-17)30-15-22(27)24-19-5-3-2-4-6-19/h2-14,26H,15H2,1H3,(H,24,27)(H,28,29)/p-1/b25-16-. The largest absolute Gasteiger partial charge is 0.545 e. The number of benzene rings is 3. The molecule has 152 valence electrons. The highest BCUT2D eigenvalue weighted by atomic mass is 16.5. The van der Waals surface area contributed by atoms with Gasteiger partial charge in [0.25, 0.3) is 5.91 Å². The first-order valence-electron chi connectivity index (χ1n) is 9.21. The number of nitrogens with one attached hydrogen (secondary N) is 2. The van der Waals surface area contributed by atoms with Crippen LogP contribution in [0.2, 0.25) is 0 Å². The number of hydrogen-bond acceptors (Lipinski definition) is 6. The molecule has 0 heterocycles. The lowest BCUT2D eigenvalue weighted by Gasteiger charge is -2.09. The predicted octanol–water partition coefficient (Wildman–Crippen LogP) is 2.90. The summed E-state index contributed by atoms with van der Waals surface area (Å²) >= 11 is 0. The maximum Gasteiger partial charge on any atom is 0.262 e. The fourth-order valence-corrected chi connectivity index (χ4v) is 2.55. The first-order chi connectivity index (χ1) is 14.5. The van der Waals surface area contributed by atoms with Crippen molar-refractivity contribution in [3.8, 4) is 5.75 Å². The van der Waals surface area contributed by atoms with Gasteiger partial charge in [0.15, 0.2) is 6.61 Å². The van der Waals surface area contributed by atoms with Crippen molar-refractivity contribution >= 4 is 29.0 Å². The second kappa shape index (κ2) is 9.88. The van der Waals surface area contributed by atoms with Gasteiger partial charge in [-0.05, 0) is 66.6 Å². The van der Waals surface area contributed by atoms with E-state index in [4.69, 9.17) is 4.74 Å². The van der Waals surface area contributed by atoms with E-state index in [2.05, 4.69) is 15.8 Å². The van der Waals surface area contributed by atoms with E-state index < -0.39 is 5.97 Å². The number of hydrogen-bond donors (Lipinski definition) is 2. The number of carboxylic acid groups (broad SMARTS) is 1. The lowest BCUT2D eigenvalue weighted by atomic mass is 10.1. The van der Waals surface area contributed by atoms with Crippen LogP contribution >= 0.6 is 0 Å². The van der Waals surface area contributed by atoms with E-state index in [1.165, 1.54) is 12.1 Å². The minimum absolute atomic E-state index is 0.0925. The van der Waals surface area contributed by atoms with Crippen molar-refractivity contribution in [2.75, 3.05) is 17.3 Å². The third-order valence-electron chi connectivity index (χ3n) is 4.17. The second-order valence-electron chi connectivity index (χ2n) is 6.40. The van der Waals surface area contributed by atoms with Crippen molar-refractivity contribution in [1.82, 2.24) is 0 Å². The fourth-order valence-electron chi connectivity index (χ4n) is 2.55. The number of carbonyl (C=O) groups excluding carboxylic acids is 2. The number of nitrogens with zero attached hydrogens (tertiary/aromatic N) is 1. The number of ether oxygens (including phenoxy) is 1. The van der Waals surface area contributed by atoms with Crippen molar-refractivity contribution in [2.45, 2.75) is 6.92 Å². The smallest absolute Gasteiger partial charge is 0.262 e. The van der Waals surface area contributed by atoms with Gasteiger partial charge < -0.3 is 20.0 Å². The topological polar surface area (TPSA) is 103 Å². The quantitative estimate of drug-likeness (QED) is 0.445. The zero-order valence-electron chi connectivity index (χ0n) is 16.3. The average Bonchev–Trinajstić information content (AvgIpc) is 2.77. The van der Waals surface area contributed by atoms with Gasteiger partial charge in [-0.2, -0.15) is 5.10 Å². The van der Waals surface area contributed by atoms with Crippen molar-refractivity contribution in [3.63, 3.8) is 0 Å². The molecule has 7 heteroatoms. The molecule has 0 radical (unpaired) electrons. The van der Waals surface area contributed by atoms with Gasteiger partial charge in [0, 0.05) is 5.69 Å². The second-order valence-corrected chi connectivity index (χ2v) is 6.40. The number of hydrazone groups is 1. The van der Waals surface area contributed by atoms with Gasteiger partial charge in [-0.1, -0.05) is 30.3 Å². The molecule has 7 nitrogen and oxygen atoms in total. The molecule has 0 atom stereocenters. The van der Waals surface area contributed by atoms with Crippen molar-refractivity contribution in [2.24, 2.45) is 5.10 Å². The molecule has 0 aromatic heterocycles.